The molecule has 0 saturated carbocycles. The first kappa shape index (κ1) is 55.3. The highest BCUT2D eigenvalue weighted by molar-refractivity contribution is 7.80. The molecular weight excluding hydrogens is 777 g/mol. The molecule has 0 aliphatic carbocycles. The number of unbranched alkanes of at least 4 members (excludes halogenated alkanes) is 21. The molecule has 6 unspecified atom stereocenters. The lowest BCUT2D eigenvalue weighted by molar-refractivity contribution is -0.301. The van der Waals surface area contributed by atoms with Gasteiger partial charge in [-0.05, 0) is 44.9 Å². The smallest absolute Gasteiger partial charge is 0.397 e. The van der Waals surface area contributed by atoms with Crippen LogP contribution < -0.4 is 0 Å². The fraction of sp³-hybridized carbons (Fsp3) is 0.848. The van der Waals surface area contributed by atoms with Crippen LogP contribution in [0.4, 0.5) is 0 Å². The fourth-order valence-corrected chi connectivity index (χ4v) is 7.55. The van der Waals surface area contributed by atoms with Crippen molar-refractivity contribution in [3.63, 3.8) is 0 Å². The van der Waals surface area contributed by atoms with Gasteiger partial charge in [0.25, 0.3) is 0 Å². The van der Waals surface area contributed by atoms with Crippen molar-refractivity contribution < 1.29 is 56.2 Å². The number of ether oxygens (including phenoxy) is 4. The van der Waals surface area contributed by atoms with E-state index in [9.17, 15) is 28.5 Å². The Hall–Kier alpha value is -1.68. The molecule has 0 spiro atoms. The lowest BCUT2D eigenvalue weighted by Gasteiger charge is -2.41. The van der Waals surface area contributed by atoms with Crippen LogP contribution in [-0.4, -0.2) is 97.5 Å². The van der Waals surface area contributed by atoms with E-state index in [0.717, 1.165) is 70.6 Å². The number of allylic oxidation sites excluding steroid dienone is 6. The third-order valence-electron chi connectivity index (χ3n) is 10.5. The Balaban J connectivity index is 2.41. The molecule has 1 aliphatic rings. The second kappa shape index (κ2) is 38.0. The van der Waals surface area contributed by atoms with Crippen LogP contribution in [0.5, 0.6) is 0 Å². The van der Waals surface area contributed by atoms with Crippen LogP contribution in [0, 0.1) is 0 Å². The summed E-state index contributed by atoms with van der Waals surface area (Å²) in [5, 5.41) is 30.7. The van der Waals surface area contributed by atoms with E-state index in [1.165, 1.54) is 89.9 Å². The number of esters is 1. The highest BCUT2D eigenvalue weighted by Gasteiger charge is 2.48. The molecule has 6 atom stereocenters. The average molecular weight is 861 g/mol. The number of carbonyl (C=O) groups is 1. The monoisotopic (exact) mass is 861 g/mol. The van der Waals surface area contributed by atoms with E-state index in [-0.39, 0.29) is 19.6 Å². The molecule has 1 rings (SSSR count). The van der Waals surface area contributed by atoms with E-state index >= 15 is 0 Å². The molecule has 346 valence electrons. The summed E-state index contributed by atoms with van der Waals surface area (Å²) in [6.45, 7) is 3.84. The second-order valence-electron chi connectivity index (χ2n) is 16.0. The van der Waals surface area contributed by atoms with Gasteiger partial charge in [-0.25, -0.2) is 4.18 Å². The normalized spacial score (nSPS) is 20.7. The van der Waals surface area contributed by atoms with E-state index in [1.54, 1.807) is 0 Å². The summed E-state index contributed by atoms with van der Waals surface area (Å²) in [6, 6.07) is 0. The highest BCUT2D eigenvalue weighted by Crippen LogP contribution is 2.26. The lowest BCUT2D eigenvalue weighted by Crippen LogP contribution is -2.60. The van der Waals surface area contributed by atoms with E-state index < -0.39 is 59.8 Å². The maximum atomic E-state index is 12.9. The van der Waals surface area contributed by atoms with Crippen LogP contribution >= 0.6 is 0 Å². The van der Waals surface area contributed by atoms with Gasteiger partial charge in [0.05, 0.1) is 19.8 Å². The molecule has 1 fully saturated rings. The van der Waals surface area contributed by atoms with Gasteiger partial charge in [-0.15, -0.1) is 0 Å². The molecule has 0 bridgehead atoms. The van der Waals surface area contributed by atoms with Crippen molar-refractivity contribution in [2.75, 3.05) is 26.4 Å². The van der Waals surface area contributed by atoms with Gasteiger partial charge in [0, 0.05) is 13.0 Å². The Morgan fingerprint density at radius 1 is 0.661 bits per heavy atom. The maximum Gasteiger partial charge on any atom is 0.397 e. The number of aliphatic hydroxyl groups is 3. The minimum Gasteiger partial charge on any atom is -0.457 e. The molecule has 1 saturated heterocycles. The minimum absolute atomic E-state index is 0.0230. The zero-order valence-corrected chi connectivity index (χ0v) is 37.6. The van der Waals surface area contributed by atoms with Crippen molar-refractivity contribution in [3.8, 4) is 0 Å². The lowest BCUT2D eigenvalue weighted by atomic mass is 9.99. The van der Waals surface area contributed by atoms with Crippen LogP contribution in [0.15, 0.2) is 36.5 Å². The first-order valence-corrected chi connectivity index (χ1v) is 24.6. The quantitative estimate of drug-likeness (QED) is 0.0199. The molecule has 13 heteroatoms. The molecule has 0 aromatic carbocycles. The number of carbonyl (C=O) groups excluding carboxylic acids is 1. The maximum absolute atomic E-state index is 12.9. The number of rotatable bonds is 40. The van der Waals surface area contributed by atoms with Crippen LogP contribution in [0.3, 0.4) is 0 Å². The number of aliphatic hydroxyl groups excluding tert-OH is 3. The standard InChI is InChI=1S/C46H84O12S/c1-3-5-7-9-11-13-15-17-19-20-21-22-23-25-27-29-31-33-35-42(48)56-40(38-54-36-34-32-30-28-26-24-18-16-14-12-10-8-6-4-2)39-55-46-44(50)45(58-59(51,52)53)43(49)41(37-47)57-46/h6,8,12,14,18,24,40-41,43-47,49-50H,3-5,7,9-11,13,15-17,19-23,25-39H2,1-2H3,(H,51,52,53)/b8-6-,14-12-,24-18-. The van der Waals surface area contributed by atoms with E-state index in [1.807, 2.05) is 0 Å². The molecule has 1 heterocycles. The van der Waals surface area contributed by atoms with Gasteiger partial charge >= 0.3 is 16.4 Å². The van der Waals surface area contributed by atoms with Gasteiger partial charge in [-0.2, -0.15) is 8.42 Å². The van der Waals surface area contributed by atoms with E-state index in [2.05, 4.69) is 54.5 Å². The Labute approximate surface area is 358 Å². The van der Waals surface area contributed by atoms with Crippen molar-refractivity contribution in [1.82, 2.24) is 0 Å². The fourth-order valence-electron chi connectivity index (χ4n) is 7.04. The van der Waals surface area contributed by atoms with E-state index in [0.29, 0.717) is 13.0 Å². The SMILES string of the molecule is CC/C=C\C/C=C\C/C=C\CCCCCCOCC(COC1OC(CO)C(O)C(OS(=O)(=O)O)C1O)OC(=O)CCCCCCCCCCCCCCCCCCCC. The van der Waals surface area contributed by atoms with Crippen molar-refractivity contribution in [2.45, 2.75) is 224 Å². The average Bonchev–Trinajstić information content (AvgIpc) is 3.20. The van der Waals surface area contributed by atoms with Gasteiger partial charge in [-0.3, -0.25) is 9.35 Å². The van der Waals surface area contributed by atoms with Crippen LogP contribution in [-0.2, 0) is 38.3 Å². The van der Waals surface area contributed by atoms with Crippen molar-refractivity contribution in [1.29, 1.82) is 0 Å². The summed E-state index contributed by atoms with van der Waals surface area (Å²) in [5.74, 6) is -0.406. The molecule has 0 amide bonds. The first-order chi connectivity index (χ1) is 28.6. The van der Waals surface area contributed by atoms with Gasteiger partial charge in [0.1, 0.15) is 30.5 Å². The van der Waals surface area contributed by atoms with Crippen LogP contribution in [0.1, 0.15) is 187 Å². The van der Waals surface area contributed by atoms with Gasteiger partial charge in [0.2, 0.25) is 0 Å². The van der Waals surface area contributed by atoms with Crippen molar-refractivity contribution >= 4 is 16.4 Å². The molecule has 0 aromatic heterocycles. The van der Waals surface area contributed by atoms with Gasteiger partial charge in [0.15, 0.2) is 6.29 Å². The molecule has 0 radical (unpaired) electrons. The Morgan fingerprint density at radius 2 is 1.17 bits per heavy atom. The third-order valence-corrected chi connectivity index (χ3v) is 11.0. The Morgan fingerprint density at radius 3 is 1.71 bits per heavy atom. The summed E-state index contributed by atoms with van der Waals surface area (Å²) < 4.78 is 59.0. The number of hydrogen-bond donors (Lipinski definition) is 4. The third kappa shape index (κ3) is 31.8. The first-order valence-electron chi connectivity index (χ1n) is 23.2. The van der Waals surface area contributed by atoms with Crippen molar-refractivity contribution in [2.24, 2.45) is 0 Å². The Kier molecular flexibility index (Phi) is 35.7. The second-order valence-corrected chi connectivity index (χ2v) is 17.0. The highest BCUT2D eigenvalue weighted by atomic mass is 32.3. The zero-order chi connectivity index (χ0) is 43.2. The van der Waals surface area contributed by atoms with Gasteiger partial charge in [-0.1, -0.05) is 172 Å². The van der Waals surface area contributed by atoms with E-state index in [4.69, 9.17) is 23.5 Å². The Bertz CT molecular complexity index is 1180. The van der Waals surface area contributed by atoms with Crippen LogP contribution in [0.2, 0.25) is 0 Å². The minimum atomic E-state index is -5.06. The topological polar surface area (TPSA) is 178 Å². The summed E-state index contributed by atoms with van der Waals surface area (Å²) in [6.07, 6.45) is 34.7. The number of hydrogen-bond acceptors (Lipinski definition) is 11. The van der Waals surface area contributed by atoms with Crippen LogP contribution in [0.25, 0.3) is 0 Å². The summed E-state index contributed by atoms with van der Waals surface area (Å²) >= 11 is 0. The largest absolute Gasteiger partial charge is 0.457 e. The predicted molar refractivity (Wildman–Crippen MR) is 234 cm³/mol. The molecule has 1 aliphatic heterocycles. The molecule has 12 nitrogen and oxygen atoms in total. The summed E-state index contributed by atoms with van der Waals surface area (Å²) in [4.78, 5) is 12.9. The predicted octanol–water partition coefficient (Wildman–Crippen LogP) is 9.80. The van der Waals surface area contributed by atoms with Crippen molar-refractivity contribution in [3.05, 3.63) is 36.5 Å². The van der Waals surface area contributed by atoms with Gasteiger partial charge < -0.3 is 34.3 Å². The molecule has 59 heavy (non-hydrogen) atoms. The summed E-state index contributed by atoms with van der Waals surface area (Å²) in [5.41, 5.74) is 0. The molecule has 0 aromatic rings. The zero-order valence-electron chi connectivity index (χ0n) is 36.8. The summed E-state index contributed by atoms with van der Waals surface area (Å²) in [7, 11) is -5.06. The molecule has 4 N–H and O–H groups in total. The molecular formula is C46H84O12S.